The van der Waals surface area contributed by atoms with Gasteiger partial charge < -0.3 is 10.2 Å². The topological polar surface area (TPSA) is 86.4 Å². The predicted octanol–water partition coefficient (Wildman–Crippen LogP) is 2.67. The highest BCUT2D eigenvalue weighted by Gasteiger charge is 2.11. The number of carbonyl (C=O) groups excluding carboxylic acids is 2. The number of benzene rings is 1. The van der Waals surface area contributed by atoms with Crippen molar-refractivity contribution >= 4 is 17.8 Å². The predicted molar refractivity (Wildman–Crippen MR) is 109 cm³/mol. The molecule has 3 amide bonds. The zero-order chi connectivity index (χ0) is 20.5. The third-order valence-electron chi connectivity index (χ3n) is 4.79. The van der Waals surface area contributed by atoms with E-state index in [0.29, 0.717) is 12.1 Å². The molecule has 0 unspecified atom stereocenters. The van der Waals surface area contributed by atoms with E-state index >= 15 is 0 Å². The van der Waals surface area contributed by atoms with Gasteiger partial charge in [-0.2, -0.15) is 0 Å². The normalized spacial score (nSPS) is 14.0. The molecule has 1 aliphatic rings. The van der Waals surface area contributed by atoms with E-state index in [-0.39, 0.29) is 12.2 Å². The minimum atomic E-state index is -0.519. The Morgan fingerprint density at radius 2 is 1.62 bits per heavy atom. The molecule has 0 radical (unpaired) electrons. The van der Waals surface area contributed by atoms with E-state index in [1.165, 1.54) is 49.9 Å². The molecular weight excluding hydrogens is 373 g/mol. The fourth-order valence-corrected chi connectivity index (χ4v) is 3.19. The van der Waals surface area contributed by atoms with E-state index in [2.05, 4.69) is 26.1 Å². The summed E-state index contributed by atoms with van der Waals surface area (Å²) in [5.41, 5.74) is 6.15. The summed E-state index contributed by atoms with van der Waals surface area (Å²) in [7, 11) is 0. The van der Waals surface area contributed by atoms with Crippen LogP contribution in [-0.4, -0.2) is 30.0 Å². The minimum absolute atomic E-state index is 0.0441. The van der Waals surface area contributed by atoms with E-state index in [9.17, 15) is 14.0 Å². The number of hydrogen-bond acceptors (Lipinski definition) is 4. The van der Waals surface area contributed by atoms with Gasteiger partial charge in [0.1, 0.15) is 11.6 Å². The van der Waals surface area contributed by atoms with Crippen LogP contribution in [0.5, 0.6) is 0 Å². The van der Waals surface area contributed by atoms with Crippen LogP contribution in [0.2, 0.25) is 0 Å². The lowest BCUT2D eigenvalue weighted by atomic mass is 10.1. The van der Waals surface area contributed by atoms with Crippen molar-refractivity contribution in [1.29, 1.82) is 0 Å². The Balaban J connectivity index is 1.38. The first-order chi connectivity index (χ1) is 14.1. The maximum Gasteiger partial charge on any atom is 0.333 e. The van der Waals surface area contributed by atoms with Crippen LogP contribution in [0.1, 0.15) is 36.8 Å². The summed E-state index contributed by atoms with van der Waals surface area (Å²) in [6.45, 7) is 2.36. The number of carbonyl (C=O) groups is 2. The summed E-state index contributed by atoms with van der Waals surface area (Å²) in [5, 5.41) is 2.67. The molecule has 0 aliphatic carbocycles. The molecule has 0 bridgehead atoms. The summed E-state index contributed by atoms with van der Waals surface area (Å²) < 4.78 is 12.9. The van der Waals surface area contributed by atoms with Crippen LogP contribution in [0.4, 0.5) is 15.0 Å². The molecule has 1 aliphatic heterocycles. The molecular formula is C21H26FN5O2. The fourth-order valence-electron chi connectivity index (χ4n) is 3.19. The van der Waals surface area contributed by atoms with E-state index in [4.69, 9.17) is 0 Å². The molecule has 1 fully saturated rings. The number of nitrogens with one attached hydrogen (secondary N) is 3. The Labute approximate surface area is 169 Å². The van der Waals surface area contributed by atoms with Gasteiger partial charge >= 0.3 is 6.03 Å². The monoisotopic (exact) mass is 399 g/mol. The van der Waals surface area contributed by atoms with Crippen molar-refractivity contribution in [3.05, 3.63) is 59.5 Å². The Hall–Kier alpha value is -3.16. The summed E-state index contributed by atoms with van der Waals surface area (Å²) in [6, 6.07) is 9.03. The molecule has 0 spiro atoms. The third kappa shape index (κ3) is 6.74. The lowest BCUT2D eigenvalue weighted by Crippen LogP contribution is -2.47. The number of aromatic nitrogens is 1. The Kier molecular flexibility index (Phi) is 7.38. The first kappa shape index (κ1) is 20.6. The number of hydrogen-bond donors (Lipinski definition) is 3. The number of urea groups is 1. The van der Waals surface area contributed by atoms with Crippen LogP contribution >= 0.6 is 0 Å². The Morgan fingerprint density at radius 3 is 2.28 bits per heavy atom. The quantitative estimate of drug-likeness (QED) is 0.675. The number of nitrogens with zero attached hydrogens (tertiary/aromatic N) is 2. The van der Waals surface area contributed by atoms with Crippen LogP contribution in [0, 0.1) is 5.82 Å². The molecule has 1 saturated heterocycles. The molecule has 7 nitrogen and oxygen atoms in total. The Morgan fingerprint density at radius 1 is 0.931 bits per heavy atom. The third-order valence-corrected chi connectivity index (χ3v) is 4.79. The van der Waals surface area contributed by atoms with Crippen molar-refractivity contribution in [1.82, 2.24) is 21.2 Å². The van der Waals surface area contributed by atoms with E-state index in [1.54, 1.807) is 6.20 Å². The van der Waals surface area contributed by atoms with Crippen molar-refractivity contribution in [2.24, 2.45) is 0 Å². The van der Waals surface area contributed by atoms with Gasteiger partial charge in [-0.1, -0.05) is 31.0 Å². The zero-order valence-corrected chi connectivity index (χ0v) is 16.3. The molecule has 1 aromatic carbocycles. The highest BCUT2D eigenvalue weighted by Crippen LogP contribution is 2.17. The summed E-state index contributed by atoms with van der Waals surface area (Å²) >= 11 is 0. The molecule has 154 valence electrons. The second-order valence-electron chi connectivity index (χ2n) is 7.09. The van der Waals surface area contributed by atoms with Crippen LogP contribution in [0.3, 0.4) is 0 Å². The number of halogens is 1. The highest BCUT2D eigenvalue weighted by atomic mass is 19.1. The average Bonchev–Trinajstić information content (AvgIpc) is 3.02. The van der Waals surface area contributed by atoms with E-state index in [0.717, 1.165) is 24.5 Å². The van der Waals surface area contributed by atoms with Gasteiger partial charge in [-0.15, -0.1) is 0 Å². The van der Waals surface area contributed by atoms with Gasteiger partial charge in [0.25, 0.3) is 0 Å². The van der Waals surface area contributed by atoms with Gasteiger partial charge in [-0.05, 0) is 42.2 Å². The minimum Gasteiger partial charge on any atom is -0.357 e. The number of rotatable bonds is 5. The van der Waals surface area contributed by atoms with Gasteiger partial charge in [-0.25, -0.2) is 19.6 Å². The molecule has 3 rings (SSSR count). The SMILES string of the molecule is O=C(Cc1ccc(F)cc1)NNC(=O)NCc1ccc(N2CCCCCC2)nc1. The number of amides is 3. The average molecular weight is 399 g/mol. The largest absolute Gasteiger partial charge is 0.357 e. The van der Waals surface area contributed by atoms with E-state index in [1.807, 2.05) is 12.1 Å². The van der Waals surface area contributed by atoms with Crippen molar-refractivity contribution in [3.8, 4) is 0 Å². The molecule has 8 heteroatoms. The second-order valence-corrected chi connectivity index (χ2v) is 7.09. The number of anilines is 1. The molecule has 2 heterocycles. The number of pyridine rings is 1. The lowest BCUT2D eigenvalue weighted by molar-refractivity contribution is -0.121. The first-order valence-corrected chi connectivity index (χ1v) is 9.87. The fraction of sp³-hybridized carbons (Fsp3) is 0.381. The van der Waals surface area contributed by atoms with Crippen LogP contribution < -0.4 is 21.1 Å². The zero-order valence-electron chi connectivity index (χ0n) is 16.3. The van der Waals surface area contributed by atoms with Crippen LogP contribution in [0.25, 0.3) is 0 Å². The van der Waals surface area contributed by atoms with E-state index < -0.39 is 11.9 Å². The molecule has 3 N–H and O–H groups in total. The number of hydrazine groups is 1. The van der Waals surface area contributed by atoms with Gasteiger partial charge in [0, 0.05) is 25.8 Å². The van der Waals surface area contributed by atoms with Crippen molar-refractivity contribution < 1.29 is 14.0 Å². The van der Waals surface area contributed by atoms with Crippen molar-refractivity contribution in [2.45, 2.75) is 38.6 Å². The second kappa shape index (κ2) is 10.4. The maximum atomic E-state index is 12.9. The standard InChI is InChI=1S/C21H26FN5O2/c22-18-8-5-16(6-9-18)13-20(28)25-26-21(29)24-15-17-7-10-19(23-14-17)27-11-3-1-2-4-12-27/h5-10,14H,1-4,11-13,15H2,(H,25,28)(H2,24,26,29). The highest BCUT2D eigenvalue weighted by molar-refractivity contribution is 5.82. The summed E-state index contributed by atoms with van der Waals surface area (Å²) in [4.78, 5) is 30.5. The molecule has 0 atom stereocenters. The first-order valence-electron chi connectivity index (χ1n) is 9.87. The smallest absolute Gasteiger partial charge is 0.333 e. The van der Waals surface area contributed by atoms with Gasteiger partial charge in [0.15, 0.2) is 0 Å². The van der Waals surface area contributed by atoms with Crippen LogP contribution in [-0.2, 0) is 17.8 Å². The van der Waals surface area contributed by atoms with Crippen LogP contribution in [0.15, 0.2) is 42.6 Å². The molecule has 0 saturated carbocycles. The molecule has 1 aromatic heterocycles. The van der Waals surface area contributed by atoms with Gasteiger partial charge in [-0.3, -0.25) is 10.2 Å². The maximum absolute atomic E-state index is 12.9. The summed E-state index contributed by atoms with van der Waals surface area (Å²) in [6.07, 6.45) is 6.73. The lowest BCUT2D eigenvalue weighted by Gasteiger charge is -2.21. The Bertz CT molecular complexity index is 803. The van der Waals surface area contributed by atoms with Crippen molar-refractivity contribution in [3.63, 3.8) is 0 Å². The van der Waals surface area contributed by atoms with Crippen molar-refractivity contribution in [2.75, 3.05) is 18.0 Å². The van der Waals surface area contributed by atoms with Gasteiger partial charge in [0.05, 0.1) is 6.42 Å². The summed E-state index contributed by atoms with van der Waals surface area (Å²) in [5.74, 6) is 0.212. The molecule has 2 aromatic rings. The molecule has 29 heavy (non-hydrogen) atoms. The van der Waals surface area contributed by atoms with Gasteiger partial charge in [0.2, 0.25) is 5.91 Å².